The molecule has 0 spiro atoms. The van der Waals surface area contributed by atoms with Crippen molar-refractivity contribution in [2.45, 2.75) is 0 Å². The molecule has 8 heteroatoms. The average Bonchev–Trinajstić information content (AvgIpc) is 2.55. The number of nitriles is 1. The Morgan fingerprint density at radius 1 is 1.29 bits per heavy atom. The summed E-state index contributed by atoms with van der Waals surface area (Å²) in [6, 6.07) is 6.54. The van der Waals surface area contributed by atoms with Gasteiger partial charge in [-0.15, -0.1) is 0 Å². The zero-order valence-electron chi connectivity index (χ0n) is 13.8. The fourth-order valence-electron chi connectivity index (χ4n) is 2.33. The van der Waals surface area contributed by atoms with E-state index in [9.17, 15) is 9.59 Å². The Morgan fingerprint density at radius 2 is 1.96 bits per heavy atom. The first-order valence-corrected chi connectivity index (χ1v) is 7.96. The predicted molar refractivity (Wildman–Crippen MR) is 91.9 cm³/mol. The van der Waals surface area contributed by atoms with E-state index in [1.54, 1.807) is 42.1 Å². The zero-order valence-corrected chi connectivity index (χ0v) is 14.5. The van der Waals surface area contributed by atoms with Gasteiger partial charge < -0.3 is 15.1 Å². The number of nitrogens with zero attached hydrogens (tertiary/aromatic N) is 4. The molecule has 1 N–H and O–H groups in total. The van der Waals surface area contributed by atoms with Crippen molar-refractivity contribution in [2.75, 3.05) is 52.1 Å². The first kappa shape index (κ1) is 18.0. The van der Waals surface area contributed by atoms with Crippen LogP contribution in [0.15, 0.2) is 18.2 Å². The van der Waals surface area contributed by atoms with Gasteiger partial charge in [0.1, 0.15) is 6.07 Å². The van der Waals surface area contributed by atoms with Crippen LogP contribution in [0.5, 0.6) is 0 Å². The van der Waals surface area contributed by atoms with Crippen LogP contribution in [-0.4, -0.2) is 73.5 Å². The highest BCUT2D eigenvalue weighted by Gasteiger charge is 2.23. The summed E-state index contributed by atoms with van der Waals surface area (Å²) in [5, 5.41) is 11.9. The smallest absolute Gasteiger partial charge is 0.321 e. The lowest BCUT2D eigenvalue weighted by Gasteiger charge is -2.34. The molecule has 1 aliphatic heterocycles. The topological polar surface area (TPSA) is 79.7 Å². The van der Waals surface area contributed by atoms with Gasteiger partial charge in [0.2, 0.25) is 5.91 Å². The third-order valence-corrected chi connectivity index (χ3v) is 4.17. The van der Waals surface area contributed by atoms with E-state index in [-0.39, 0.29) is 11.9 Å². The standard InChI is InChI=1S/C16H20ClN5O2/c1-20(2)15(23)11-21-5-7-22(8-6-21)16(24)19-13-4-3-12(10-18)14(17)9-13/h3-4,9H,5-8,11H2,1-2H3,(H,19,24). The lowest BCUT2D eigenvalue weighted by Crippen LogP contribution is -2.52. The van der Waals surface area contributed by atoms with Crippen molar-refractivity contribution in [3.63, 3.8) is 0 Å². The minimum Gasteiger partial charge on any atom is -0.348 e. The van der Waals surface area contributed by atoms with Crippen molar-refractivity contribution in [3.8, 4) is 6.07 Å². The number of hydrogen-bond acceptors (Lipinski definition) is 4. The molecule has 0 unspecified atom stereocenters. The number of carbonyl (C=O) groups is 2. The second kappa shape index (κ2) is 7.99. The van der Waals surface area contributed by atoms with Crippen molar-refractivity contribution in [3.05, 3.63) is 28.8 Å². The Morgan fingerprint density at radius 3 is 2.50 bits per heavy atom. The first-order chi connectivity index (χ1) is 11.4. The van der Waals surface area contributed by atoms with Crippen LogP contribution in [0.1, 0.15) is 5.56 Å². The molecule has 0 radical (unpaired) electrons. The molecule has 7 nitrogen and oxygen atoms in total. The van der Waals surface area contributed by atoms with Gasteiger partial charge in [0.15, 0.2) is 0 Å². The quantitative estimate of drug-likeness (QED) is 0.895. The molecule has 128 valence electrons. The number of halogens is 1. The maximum atomic E-state index is 12.3. The molecule has 0 bridgehead atoms. The molecule has 1 aromatic carbocycles. The summed E-state index contributed by atoms with van der Waals surface area (Å²) in [5.74, 6) is 0.0557. The highest BCUT2D eigenvalue weighted by molar-refractivity contribution is 6.32. The van der Waals surface area contributed by atoms with E-state index < -0.39 is 0 Å². The number of benzene rings is 1. The number of piperazine rings is 1. The van der Waals surface area contributed by atoms with E-state index >= 15 is 0 Å². The molecule has 0 aromatic heterocycles. The predicted octanol–water partition coefficient (Wildman–Crippen LogP) is 1.45. The summed E-state index contributed by atoms with van der Waals surface area (Å²) in [4.78, 5) is 29.3. The van der Waals surface area contributed by atoms with Crippen molar-refractivity contribution in [1.82, 2.24) is 14.7 Å². The number of nitrogens with one attached hydrogen (secondary N) is 1. The van der Waals surface area contributed by atoms with Crippen LogP contribution in [-0.2, 0) is 4.79 Å². The Labute approximate surface area is 146 Å². The number of anilines is 1. The fourth-order valence-corrected chi connectivity index (χ4v) is 2.55. The molecule has 0 atom stereocenters. The van der Waals surface area contributed by atoms with Crippen LogP contribution in [0, 0.1) is 11.3 Å². The van der Waals surface area contributed by atoms with Gasteiger partial charge in [-0.1, -0.05) is 11.6 Å². The monoisotopic (exact) mass is 349 g/mol. The van der Waals surface area contributed by atoms with E-state index in [2.05, 4.69) is 5.32 Å². The fraction of sp³-hybridized carbons (Fsp3) is 0.438. The largest absolute Gasteiger partial charge is 0.348 e. The van der Waals surface area contributed by atoms with Crippen molar-refractivity contribution >= 4 is 29.2 Å². The van der Waals surface area contributed by atoms with Gasteiger partial charge in [0.05, 0.1) is 17.1 Å². The molecular formula is C16H20ClN5O2. The number of amides is 3. The van der Waals surface area contributed by atoms with E-state index in [1.165, 1.54) is 0 Å². The van der Waals surface area contributed by atoms with Gasteiger partial charge in [0, 0.05) is 46.0 Å². The van der Waals surface area contributed by atoms with Gasteiger partial charge in [0.25, 0.3) is 0 Å². The Balaban J connectivity index is 1.86. The number of likely N-dealkylation sites (N-methyl/N-ethyl adjacent to an activating group) is 1. The summed E-state index contributed by atoms with van der Waals surface area (Å²) < 4.78 is 0. The Kier molecular flexibility index (Phi) is 6.01. The van der Waals surface area contributed by atoms with Crippen molar-refractivity contribution in [2.24, 2.45) is 0 Å². The number of urea groups is 1. The summed E-state index contributed by atoms with van der Waals surface area (Å²) in [5.41, 5.74) is 0.919. The van der Waals surface area contributed by atoms with Gasteiger partial charge in [-0.25, -0.2) is 4.79 Å². The van der Waals surface area contributed by atoms with Crippen molar-refractivity contribution in [1.29, 1.82) is 5.26 Å². The minimum atomic E-state index is -0.214. The Hall–Kier alpha value is -2.30. The molecule has 1 saturated heterocycles. The van der Waals surface area contributed by atoms with Gasteiger partial charge in [-0.2, -0.15) is 5.26 Å². The second-order valence-corrected chi connectivity index (χ2v) is 6.20. The number of carbonyl (C=O) groups excluding carboxylic acids is 2. The molecule has 1 fully saturated rings. The van der Waals surface area contributed by atoms with E-state index in [0.717, 1.165) is 0 Å². The van der Waals surface area contributed by atoms with E-state index in [4.69, 9.17) is 16.9 Å². The lowest BCUT2D eigenvalue weighted by atomic mass is 10.2. The molecule has 3 amide bonds. The summed E-state index contributed by atoms with van der Waals surface area (Å²) >= 11 is 5.96. The van der Waals surface area contributed by atoms with Crippen LogP contribution in [0.25, 0.3) is 0 Å². The van der Waals surface area contributed by atoms with Crippen LogP contribution in [0.4, 0.5) is 10.5 Å². The summed E-state index contributed by atoms with van der Waals surface area (Å²) in [6.45, 7) is 2.78. The van der Waals surface area contributed by atoms with Crippen LogP contribution in [0.2, 0.25) is 5.02 Å². The molecule has 1 aromatic rings. The molecular weight excluding hydrogens is 330 g/mol. The second-order valence-electron chi connectivity index (χ2n) is 5.79. The Bertz CT molecular complexity index is 663. The highest BCUT2D eigenvalue weighted by atomic mass is 35.5. The molecule has 24 heavy (non-hydrogen) atoms. The van der Waals surface area contributed by atoms with Crippen LogP contribution < -0.4 is 5.32 Å². The third kappa shape index (κ3) is 4.60. The number of rotatable bonds is 3. The van der Waals surface area contributed by atoms with E-state index in [1.807, 2.05) is 11.0 Å². The first-order valence-electron chi connectivity index (χ1n) is 7.59. The highest BCUT2D eigenvalue weighted by Crippen LogP contribution is 2.20. The SMILES string of the molecule is CN(C)C(=O)CN1CCN(C(=O)Nc2ccc(C#N)c(Cl)c2)CC1. The van der Waals surface area contributed by atoms with Gasteiger partial charge in [-0.3, -0.25) is 9.69 Å². The molecule has 0 saturated carbocycles. The van der Waals surface area contributed by atoms with E-state index in [0.29, 0.717) is 49.0 Å². The van der Waals surface area contributed by atoms with Crippen molar-refractivity contribution < 1.29 is 9.59 Å². The van der Waals surface area contributed by atoms with Crippen LogP contribution >= 0.6 is 11.6 Å². The van der Waals surface area contributed by atoms with Crippen LogP contribution in [0.3, 0.4) is 0 Å². The van der Waals surface area contributed by atoms with Gasteiger partial charge in [-0.05, 0) is 18.2 Å². The molecule has 0 aliphatic carbocycles. The minimum absolute atomic E-state index is 0.0557. The number of hydrogen-bond donors (Lipinski definition) is 1. The molecule has 1 aliphatic rings. The summed E-state index contributed by atoms with van der Waals surface area (Å²) in [6.07, 6.45) is 0. The molecule has 2 rings (SSSR count). The maximum absolute atomic E-state index is 12.3. The average molecular weight is 350 g/mol. The van der Waals surface area contributed by atoms with Gasteiger partial charge >= 0.3 is 6.03 Å². The third-order valence-electron chi connectivity index (χ3n) is 3.86. The molecule has 1 heterocycles. The lowest BCUT2D eigenvalue weighted by molar-refractivity contribution is -0.130. The normalized spacial score (nSPS) is 14.8. The summed E-state index contributed by atoms with van der Waals surface area (Å²) in [7, 11) is 3.46. The zero-order chi connectivity index (χ0) is 17.7. The maximum Gasteiger partial charge on any atom is 0.321 e.